The first kappa shape index (κ1) is 19.2. The number of benzene rings is 2. The van der Waals surface area contributed by atoms with Gasteiger partial charge in [0.1, 0.15) is 11.5 Å². The molecule has 2 aromatic carbocycles. The predicted molar refractivity (Wildman–Crippen MR) is 125 cm³/mol. The molecule has 3 heterocycles. The molecule has 3 aromatic heterocycles. The summed E-state index contributed by atoms with van der Waals surface area (Å²) >= 11 is 1.59. The second-order valence-corrected chi connectivity index (χ2v) is 8.38. The molecule has 1 amide bonds. The van der Waals surface area contributed by atoms with Crippen LogP contribution in [0, 0.1) is 6.92 Å². The van der Waals surface area contributed by atoms with E-state index in [2.05, 4.69) is 15.3 Å². The molecule has 5 rings (SSSR count). The van der Waals surface area contributed by atoms with Crippen LogP contribution in [0.15, 0.2) is 73.1 Å². The maximum Gasteiger partial charge on any atom is 0.252 e. The number of hydrogen-bond acceptors (Lipinski definition) is 5. The van der Waals surface area contributed by atoms with Crippen molar-refractivity contribution in [3.63, 3.8) is 0 Å². The maximum absolute atomic E-state index is 12.2. The second-order valence-electron chi connectivity index (χ2n) is 7.13. The van der Waals surface area contributed by atoms with Crippen LogP contribution in [0.5, 0.6) is 11.5 Å². The van der Waals surface area contributed by atoms with Gasteiger partial charge in [0.25, 0.3) is 5.91 Å². The normalized spacial score (nSPS) is 11.0. The van der Waals surface area contributed by atoms with E-state index in [1.165, 1.54) is 0 Å². The molecule has 0 spiro atoms. The molecule has 0 saturated carbocycles. The highest BCUT2D eigenvalue weighted by atomic mass is 32.1. The number of aromatic nitrogens is 2. The van der Waals surface area contributed by atoms with Gasteiger partial charge in [-0.2, -0.15) is 0 Å². The molecule has 152 valence electrons. The number of aryl methyl sites for hydroxylation is 1. The fraction of sp³-hybridized carbons (Fsp3) is 0.0800. The maximum atomic E-state index is 12.2. The molecule has 5 aromatic rings. The van der Waals surface area contributed by atoms with Crippen LogP contribution in [0.2, 0.25) is 0 Å². The summed E-state index contributed by atoms with van der Waals surface area (Å²) in [6.07, 6.45) is 3.53. The van der Waals surface area contributed by atoms with Gasteiger partial charge in [0, 0.05) is 45.4 Å². The van der Waals surface area contributed by atoms with Gasteiger partial charge in [-0.1, -0.05) is 12.1 Å². The van der Waals surface area contributed by atoms with Crippen molar-refractivity contribution in [2.75, 3.05) is 7.05 Å². The molecule has 0 unspecified atom stereocenters. The average Bonchev–Trinajstić information content (AvgIpc) is 3.14. The Morgan fingerprint density at radius 2 is 1.84 bits per heavy atom. The van der Waals surface area contributed by atoms with E-state index in [-0.39, 0.29) is 5.91 Å². The molecule has 0 atom stereocenters. The van der Waals surface area contributed by atoms with Gasteiger partial charge < -0.3 is 10.1 Å². The Hall–Kier alpha value is -3.77. The molecule has 5 nitrogen and oxygen atoms in total. The van der Waals surface area contributed by atoms with Gasteiger partial charge in [-0.25, -0.2) is 0 Å². The minimum absolute atomic E-state index is 0.0683. The van der Waals surface area contributed by atoms with Crippen LogP contribution in [0.4, 0.5) is 0 Å². The quantitative estimate of drug-likeness (QED) is 0.385. The Balaban J connectivity index is 1.51. The van der Waals surface area contributed by atoms with Crippen molar-refractivity contribution >= 4 is 38.2 Å². The van der Waals surface area contributed by atoms with Crippen LogP contribution in [0.25, 0.3) is 32.2 Å². The highest BCUT2D eigenvalue weighted by Crippen LogP contribution is 2.36. The molecule has 1 N–H and O–H groups in total. The Bertz CT molecular complexity index is 1430. The predicted octanol–water partition coefficient (Wildman–Crippen LogP) is 5.97. The first-order valence-electron chi connectivity index (χ1n) is 9.87. The number of carbonyl (C=O) groups is 1. The summed E-state index contributed by atoms with van der Waals surface area (Å²) in [6, 6.07) is 19.6. The molecule has 0 saturated heterocycles. The number of fused-ring (bicyclic) bond motifs is 2. The molecular formula is C25H19N3O2S. The average molecular weight is 426 g/mol. The third-order valence-electron chi connectivity index (χ3n) is 5.18. The first-order chi connectivity index (χ1) is 15.1. The molecule has 0 aliphatic rings. The van der Waals surface area contributed by atoms with Crippen LogP contribution in [0.3, 0.4) is 0 Å². The monoisotopic (exact) mass is 425 g/mol. The summed E-state index contributed by atoms with van der Waals surface area (Å²) in [5, 5.41) is 4.58. The minimum Gasteiger partial charge on any atom is -0.457 e. The summed E-state index contributed by atoms with van der Waals surface area (Å²) in [7, 11) is 1.65. The molecule has 0 aliphatic heterocycles. The Morgan fingerprint density at radius 1 is 0.968 bits per heavy atom. The molecular weight excluding hydrogens is 406 g/mol. The van der Waals surface area contributed by atoms with Gasteiger partial charge in [-0.3, -0.25) is 14.8 Å². The number of nitrogens with one attached hydrogen (secondary N) is 1. The van der Waals surface area contributed by atoms with E-state index in [9.17, 15) is 4.79 Å². The lowest BCUT2D eigenvalue weighted by atomic mass is 10.1. The van der Waals surface area contributed by atoms with E-state index in [4.69, 9.17) is 4.74 Å². The third kappa shape index (κ3) is 3.51. The lowest BCUT2D eigenvalue weighted by Crippen LogP contribution is -2.18. The first-order valence-corrected chi connectivity index (χ1v) is 10.7. The van der Waals surface area contributed by atoms with E-state index in [0.717, 1.165) is 54.2 Å². The van der Waals surface area contributed by atoms with Gasteiger partial charge in [0.15, 0.2) is 0 Å². The lowest BCUT2D eigenvalue weighted by Gasteiger charge is -2.10. The van der Waals surface area contributed by atoms with Crippen molar-refractivity contribution in [3.05, 3.63) is 83.5 Å². The summed E-state index contributed by atoms with van der Waals surface area (Å²) in [5.41, 5.74) is 3.49. The smallest absolute Gasteiger partial charge is 0.252 e. The van der Waals surface area contributed by atoms with Crippen LogP contribution >= 0.6 is 11.3 Å². The molecule has 0 fully saturated rings. The van der Waals surface area contributed by atoms with Gasteiger partial charge >= 0.3 is 0 Å². The Labute approximate surface area is 183 Å². The molecule has 31 heavy (non-hydrogen) atoms. The zero-order valence-corrected chi connectivity index (χ0v) is 17.9. The molecule has 0 radical (unpaired) electrons. The molecule has 6 heteroatoms. The summed E-state index contributed by atoms with van der Waals surface area (Å²) in [6.45, 7) is 1.96. The van der Waals surface area contributed by atoms with Crippen molar-refractivity contribution in [3.8, 4) is 22.8 Å². The van der Waals surface area contributed by atoms with Gasteiger partial charge in [0.2, 0.25) is 0 Å². The van der Waals surface area contributed by atoms with Crippen molar-refractivity contribution < 1.29 is 9.53 Å². The zero-order chi connectivity index (χ0) is 21.4. The lowest BCUT2D eigenvalue weighted by molar-refractivity contribution is 0.0964. The van der Waals surface area contributed by atoms with E-state index >= 15 is 0 Å². The van der Waals surface area contributed by atoms with E-state index < -0.39 is 0 Å². The highest BCUT2D eigenvalue weighted by Gasteiger charge is 2.16. The van der Waals surface area contributed by atoms with E-state index in [1.54, 1.807) is 30.8 Å². The minimum atomic E-state index is -0.0683. The zero-order valence-electron chi connectivity index (χ0n) is 17.0. The Kier molecular flexibility index (Phi) is 4.84. The summed E-state index contributed by atoms with van der Waals surface area (Å²) < 4.78 is 7.25. The largest absolute Gasteiger partial charge is 0.457 e. The number of nitrogens with zero attached hydrogens (tertiary/aromatic N) is 2. The SMILES string of the molecule is CNC(=O)c1c(C)sc2cc(Oc3ccnc4cc(-c5ccccn5)ccc34)ccc12. The summed E-state index contributed by atoms with van der Waals surface area (Å²) in [5.74, 6) is 1.39. The van der Waals surface area contributed by atoms with E-state index in [1.807, 2.05) is 67.6 Å². The third-order valence-corrected chi connectivity index (χ3v) is 6.25. The molecule has 0 bridgehead atoms. The molecule has 0 aliphatic carbocycles. The van der Waals surface area contributed by atoms with Gasteiger partial charge in [-0.15, -0.1) is 11.3 Å². The van der Waals surface area contributed by atoms with Crippen molar-refractivity contribution in [1.82, 2.24) is 15.3 Å². The number of hydrogen-bond donors (Lipinski definition) is 1. The van der Waals surface area contributed by atoms with Crippen LogP contribution in [-0.4, -0.2) is 22.9 Å². The number of ether oxygens (including phenoxy) is 1. The number of amides is 1. The fourth-order valence-corrected chi connectivity index (χ4v) is 4.79. The van der Waals surface area contributed by atoms with E-state index in [0.29, 0.717) is 0 Å². The van der Waals surface area contributed by atoms with Crippen LogP contribution in [-0.2, 0) is 0 Å². The topological polar surface area (TPSA) is 64.1 Å². The van der Waals surface area contributed by atoms with Crippen molar-refractivity contribution in [2.45, 2.75) is 6.92 Å². The van der Waals surface area contributed by atoms with Crippen LogP contribution < -0.4 is 10.1 Å². The van der Waals surface area contributed by atoms with Crippen molar-refractivity contribution in [2.24, 2.45) is 0 Å². The fourth-order valence-electron chi connectivity index (χ4n) is 3.70. The Morgan fingerprint density at radius 3 is 2.65 bits per heavy atom. The van der Waals surface area contributed by atoms with Gasteiger partial charge in [0.05, 0.1) is 16.8 Å². The number of rotatable bonds is 4. The number of carbonyl (C=O) groups excluding carboxylic acids is 1. The van der Waals surface area contributed by atoms with Crippen molar-refractivity contribution in [1.29, 1.82) is 0 Å². The second kappa shape index (κ2) is 7.81. The number of thiophene rings is 1. The number of pyridine rings is 2. The summed E-state index contributed by atoms with van der Waals surface area (Å²) in [4.78, 5) is 22.1. The van der Waals surface area contributed by atoms with Gasteiger partial charge in [-0.05, 0) is 55.5 Å². The highest BCUT2D eigenvalue weighted by molar-refractivity contribution is 7.19. The van der Waals surface area contributed by atoms with Crippen LogP contribution in [0.1, 0.15) is 15.2 Å². The standard InChI is InChI=1S/C25H19N3O2S/c1-15-24(25(29)26-2)19-9-7-17(14-23(19)31-15)30-22-10-12-28-21-13-16(6-8-18(21)22)20-5-3-4-11-27-20/h3-14H,1-2H3,(H,26,29).